The number of carbonyl (C=O) groups is 1. The van der Waals surface area contributed by atoms with Crippen LogP contribution in [0.5, 0.6) is 0 Å². The van der Waals surface area contributed by atoms with Crippen LogP contribution in [0.3, 0.4) is 0 Å². The SMILES string of the molecule is CC=C(C)CN1CCC(CCC(N)=O)CC1. The van der Waals surface area contributed by atoms with Crippen molar-refractivity contribution >= 4 is 5.91 Å². The van der Waals surface area contributed by atoms with Gasteiger partial charge in [-0.25, -0.2) is 0 Å². The number of amides is 1. The molecule has 0 bridgehead atoms. The van der Waals surface area contributed by atoms with E-state index in [1.54, 1.807) is 0 Å². The third kappa shape index (κ3) is 4.79. The summed E-state index contributed by atoms with van der Waals surface area (Å²) >= 11 is 0. The molecule has 1 amide bonds. The summed E-state index contributed by atoms with van der Waals surface area (Å²) < 4.78 is 0. The Labute approximate surface area is 98.7 Å². The Hall–Kier alpha value is -0.830. The zero-order valence-corrected chi connectivity index (χ0v) is 10.5. The normalized spacial score (nSPS) is 20.0. The summed E-state index contributed by atoms with van der Waals surface area (Å²) in [5.74, 6) is 0.543. The smallest absolute Gasteiger partial charge is 0.217 e. The van der Waals surface area contributed by atoms with Crippen molar-refractivity contribution in [1.29, 1.82) is 0 Å². The van der Waals surface area contributed by atoms with E-state index < -0.39 is 0 Å². The van der Waals surface area contributed by atoms with E-state index in [-0.39, 0.29) is 5.91 Å². The lowest BCUT2D eigenvalue weighted by atomic mass is 9.92. The largest absolute Gasteiger partial charge is 0.370 e. The quantitative estimate of drug-likeness (QED) is 0.725. The molecule has 3 nitrogen and oxygen atoms in total. The molecule has 92 valence electrons. The molecule has 0 atom stereocenters. The van der Waals surface area contributed by atoms with E-state index in [1.165, 1.54) is 18.4 Å². The van der Waals surface area contributed by atoms with Crippen LogP contribution in [0.15, 0.2) is 11.6 Å². The molecule has 16 heavy (non-hydrogen) atoms. The molecule has 1 rings (SSSR count). The first-order chi connectivity index (χ1) is 7.61. The van der Waals surface area contributed by atoms with E-state index in [2.05, 4.69) is 24.8 Å². The molecule has 0 spiro atoms. The number of primary amides is 1. The molecule has 1 heterocycles. The lowest BCUT2D eigenvalue weighted by Crippen LogP contribution is -2.35. The molecular weight excluding hydrogens is 200 g/mol. The molecular formula is C13H24N2O. The standard InChI is InChI=1S/C13H24N2O/c1-3-11(2)10-15-8-6-12(7-9-15)4-5-13(14)16/h3,12H,4-10H2,1-2H3,(H2,14,16). The number of likely N-dealkylation sites (tertiary alicyclic amines) is 1. The van der Waals surface area contributed by atoms with Crippen LogP contribution < -0.4 is 5.73 Å². The lowest BCUT2D eigenvalue weighted by Gasteiger charge is -2.32. The molecule has 0 aromatic heterocycles. The van der Waals surface area contributed by atoms with Gasteiger partial charge < -0.3 is 5.73 Å². The van der Waals surface area contributed by atoms with Crippen molar-refractivity contribution in [2.45, 2.75) is 39.5 Å². The fourth-order valence-electron chi connectivity index (χ4n) is 2.22. The zero-order chi connectivity index (χ0) is 12.0. The molecule has 0 saturated carbocycles. The first-order valence-electron chi connectivity index (χ1n) is 6.24. The van der Waals surface area contributed by atoms with Crippen molar-refractivity contribution in [1.82, 2.24) is 4.90 Å². The van der Waals surface area contributed by atoms with Gasteiger partial charge in [0.2, 0.25) is 5.91 Å². The van der Waals surface area contributed by atoms with Gasteiger partial charge in [0.25, 0.3) is 0 Å². The van der Waals surface area contributed by atoms with Crippen LogP contribution in [0.1, 0.15) is 39.5 Å². The van der Waals surface area contributed by atoms with E-state index in [4.69, 9.17) is 5.73 Å². The van der Waals surface area contributed by atoms with Crippen molar-refractivity contribution < 1.29 is 4.79 Å². The highest BCUT2D eigenvalue weighted by atomic mass is 16.1. The average molecular weight is 224 g/mol. The van der Waals surface area contributed by atoms with Crippen molar-refractivity contribution in [3.8, 4) is 0 Å². The number of hydrogen-bond donors (Lipinski definition) is 1. The first-order valence-corrected chi connectivity index (χ1v) is 6.24. The first kappa shape index (κ1) is 13.2. The summed E-state index contributed by atoms with van der Waals surface area (Å²) in [6.07, 6.45) is 6.14. The highest BCUT2D eigenvalue weighted by Gasteiger charge is 2.19. The summed E-state index contributed by atoms with van der Waals surface area (Å²) in [5, 5.41) is 0. The van der Waals surface area contributed by atoms with Crippen LogP contribution in [0, 0.1) is 5.92 Å². The lowest BCUT2D eigenvalue weighted by molar-refractivity contribution is -0.118. The third-order valence-corrected chi connectivity index (χ3v) is 3.47. The Morgan fingerprint density at radius 2 is 2.06 bits per heavy atom. The molecule has 0 unspecified atom stereocenters. The number of piperidine rings is 1. The summed E-state index contributed by atoms with van der Waals surface area (Å²) in [4.78, 5) is 13.2. The monoisotopic (exact) mass is 224 g/mol. The maximum absolute atomic E-state index is 10.7. The van der Waals surface area contributed by atoms with Crippen molar-refractivity contribution in [3.63, 3.8) is 0 Å². The number of allylic oxidation sites excluding steroid dienone is 1. The van der Waals surface area contributed by atoms with Crippen LogP contribution in [0.4, 0.5) is 0 Å². The molecule has 0 aliphatic carbocycles. The zero-order valence-electron chi connectivity index (χ0n) is 10.5. The van der Waals surface area contributed by atoms with Crippen molar-refractivity contribution in [2.24, 2.45) is 11.7 Å². The van der Waals surface area contributed by atoms with Gasteiger partial charge in [0.1, 0.15) is 0 Å². The van der Waals surface area contributed by atoms with Gasteiger partial charge >= 0.3 is 0 Å². The Bertz CT molecular complexity index is 253. The van der Waals surface area contributed by atoms with Gasteiger partial charge in [0.05, 0.1) is 0 Å². The minimum atomic E-state index is -0.160. The number of hydrogen-bond acceptors (Lipinski definition) is 2. The Morgan fingerprint density at radius 3 is 2.56 bits per heavy atom. The van der Waals surface area contributed by atoms with Gasteiger partial charge in [0, 0.05) is 13.0 Å². The molecule has 3 heteroatoms. The maximum atomic E-state index is 10.7. The number of rotatable bonds is 5. The number of carbonyl (C=O) groups excluding carboxylic acids is 1. The second-order valence-corrected chi connectivity index (χ2v) is 4.86. The maximum Gasteiger partial charge on any atom is 0.217 e. The average Bonchev–Trinajstić information content (AvgIpc) is 2.28. The fraction of sp³-hybridized carbons (Fsp3) is 0.769. The highest BCUT2D eigenvalue weighted by Crippen LogP contribution is 2.22. The number of nitrogens with zero attached hydrogens (tertiary/aromatic N) is 1. The van der Waals surface area contributed by atoms with Gasteiger partial charge in [0.15, 0.2) is 0 Å². The predicted molar refractivity (Wildman–Crippen MR) is 67.0 cm³/mol. The molecule has 0 radical (unpaired) electrons. The fourth-order valence-corrected chi connectivity index (χ4v) is 2.22. The van der Waals surface area contributed by atoms with Gasteiger partial charge in [-0.3, -0.25) is 9.69 Å². The Kier molecular flexibility index (Phi) is 5.53. The van der Waals surface area contributed by atoms with Gasteiger partial charge in [-0.15, -0.1) is 0 Å². The Morgan fingerprint density at radius 1 is 1.44 bits per heavy atom. The van der Waals surface area contributed by atoms with E-state index in [1.807, 2.05) is 0 Å². The highest BCUT2D eigenvalue weighted by molar-refractivity contribution is 5.73. The van der Waals surface area contributed by atoms with E-state index in [9.17, 15) is 4.79 Å². The van der Waals surface area contributed by atoms with Crippen molar-refractivity contribution in [3.05, 3.63) is 11.6 Å². The van der Waals surface area contributed by atoms with Crippen LogP contribution >= 0.6 is 0 Å². The Balaban J connectivity index is 2.20. The van der Waals surface area contributed by atoms with Crippen LogP contribution in [0.2, 0.25) is 0 Å². The van der Waals surface area contributed by atoms with Crippen molar-refractivity contribution in [2.75, 3.05) is 19.6 Å². The second-order valence-electron chi connectivity index (χ2n) is 4.86. The molecule has 2 N–H and O–H groups in total. The number of nitrogens with two attached hydrogens (primary N) is 1. The minimum absolute atomic E-state index is 0.160. The third-order valence-electron chi connectivity index (χ3n) is 3.47. The molecule has 0 aromatic rings. The summed E-state index contributed by atoms with van der Waals surface area (Å²) in [5.41, 5.74) is 6.60. The molecule has 1 aliphatic heterocycles. The van der Waals surface area contributed by atoms with E-state index >= 15 is 0 Å². The molecule has 1 saturated heterocycles. The second kappa shape index (κ2) is 6.69. The summed E-state index contributed by atoms with van der Waals surface area (Å²) in [7, 11) is 0. The molecule has 1 aliphatic rings. The summed E-state index contributed by atoms with van der Waals surface area (Å²) in [6.45, 7) is 7.69. The van der Waals surface area contributed by atoms with E-state index in [0.29, 0.717) is 12.3 Å². The predicted octanol–water partition coefficient (Wildman–Crippen LogP) is 1.93. The molecule has 1 fully saturated rings. The van der Waals surface area contributed by atoms with Crippen LogP contribution in [-0.4, -0.2) is 30.4 Å². The minimum Gasteiger partial charge on any atom is -0.370 e. The topological polar surface area (TPSA) is 46.3 Å². The molecule has 0 aromatic carbocycles. The van der Waals surface area contributed by atoms with Crippen LogP contribution in [0.25, 0.3) is 0 Å². The van der Waals surface area contributed by atoms with Gasteiger partial charge in [-0.05, 0) is 52.1 Å². The summed E-state index contributed by atoms with van der Waals surface area (Å²) in [6, 6.07) is 0. The van der Waals surface area contributed by atoms with Crippen LogP contribution in [-0.2, 0) is 4.79 Å². The van der Waals surface area contributed by atoms with Gasteiger partial charge in [-0.1, -0.05) is 11.6 Å². The van der Waals surface area contributed by atoms with E-state index in [0.717, 1.165) is 26.1 Å². The van der Waals surface area contributed by atoms with Gasteiger partial charge in [-0.2, -0.15) is 0 Å².